The number of methoxy groups -OCH3 is 1. The Labute approximate surface area is 137 Å². The first-order valence-corrected chi connectivity index (χ1v) is 8.47. The van der Waals surface area contributed by atoms with Crippen LogP contribution in [0.5, 0.6) is 0 Å². The third-order valence-corrected chi connectivity index (χ3v) is 4.74. The number of para-hydroxylation sites is 1. The molecule has 1 aromatic heterocycles. The number of aromatic nitrogens is 2. The molecule has 2 rings (SSSR count). The Kier molecular flexibility index (Phi) is 6.63. The zero-order valence-corrected chi connectivity index (χ0v) is 14.0. The molecule has 118 valence electrons. The van der Waals surface area contributed by atoms with Crippen LogP contribution in [0.2, 0.25) is 0 Å². The minimum absolute atomic E-state index is 0.0553. The molecular weight excluding hydrogens is 320 g/mol. The Morgan fingerprint density at radius 3 is 2.86 bits per heavy atom. The number of carbonyl (C=O) groups is 1. The quantitative estimate of drug-likeness (QED) is 0.569. The number of hydrogen-bond donors (Lipinski definition) is 2. The molecule has 1 unspecified atom stereocenters. The smallest absolute Gasteiger partial charge is 0.237 e. The van der Waals surface area contributed by atoms with Crippen molar-refractivity contribution in [2.24, 2.45) is 0 Å². The fraction of sp³-hybridized carbons (Fsp3) is 0.357. The van der Waals surface area contributed by atoms with E-state index >= 15 is 0 Å². The molecule has 0 spiro atoms. The summed E-state index contributed by atoms with van der Waals surface area (Å²) < 4.78 is 5.72. The summed E-state index contributed by atoms with van der Waals surface area (Å²) in [7, 11) is 1.65. The van der Waals surface area contributed by atoms with Crippen molar-refractivity contribution in [2.75, 3.05) is 30.9 Å². The van der Waals surface area contributed by atoms with Crippen molar-refractivity contribution in [3.8, 4) is 0 Å². The summed E-state index contributed by atoms with van der Waals surface area (Å²) in [4.78, 5) is 12.1. The Balaban J connectivity index is 1.83. The lowest BCUT2D eigenvalue weighted by molar-refractivity contribution is -0.115. The first kappa shape index (κ1) is 16.7. The second-order valence-electron chi connectivity index (χ2n) is 4.41. The fourth-order valence-electron chi connectivity index (χ4n) is 1.56. The van der Waals surface area contributed by atoms with Gasteiger partial charge in [-0.05, 0) is 19.1 Å². The molecule has 22 heavy (non-hydrogen) atoms. The molecule has 1 heterocycles. The number of rotatable bonds is 8. The molecule has 0 aliphatic rings. The first-order valence-electron chi connectivity index (χ1n) is 6.78. The van der Waals surface area contributed by atoms with Crippen LogP contribution in [0.25, 0.3) is 0 Å². The van der Waals surface area contributed by atoms with Crippen LogP contribution in [-0.2, 0) is 9.53 Å². The fourth-order valence-corrected chi connectivity index (χ4v) is 3.48. The zero-order chi connectivity index (χ0) is 15.8. The largest absolute Gasteiger partial charge is 0.383 e. The van der Waals surface area contributed by atoms with E-state index in [2.05, 4.69) is 20.8 Å². The minimum atomic E-state index is -0.250. The third kappa shape index (κ3) is 5.28. The molecule has 1 atom stereocenters. The Morgan fingerprint density at radius 1 is 1.36 bits per heavy atom. The molecule has 0 saturated heterocycles. The number of hydrogen-bond acceptors (Lipinski definition) is 7. The molecule has 8 heteroatoms. The van der Waals surface area contributed by atoms with Crippen LogP contribution in [0.3, 0.4) is 0 Å². The van der Waals surface area contributed by atoms with Crippen molar-refractivity contribution in [1.82, 2.24) is 10.2 Å². The molecule has 0 aliphatic carbocycles. The van der Waals surface area contributed by atoms with E-state index in [4.69, 9.17) is 4.74 Å². The van der Waals surface area contributed by atoms with Gasteiger partial charge in [-0.15, -0.1) is 10.2 Å². The highest BCUT2D eigenvalue weighted by molar-refractivity contribution is 8.02. The maximum atomic E-state index is 12.1. The lowest BCUT2D eigenvalue weighted by atomic mass is 10.3. The van der Waals surface area contributed by atoms with Crippen molar-refractivity contribution in [3.63, 3.8) is 0 Å². The van der Waals surface area contributed by atoms with Gasteiger partial charge in [0.05, 0.1) is 11.9 Å². The molecule has 0 bridgehead atoms. The van der Waals surface area contributed by atoms with E-state index in [9.17, 15) is 4.79 Å². The van der Waals surface area contributed by atoms with E-state index in [1.54, 1.807) is 7.11 Å². The van der Waals surface area contributed by atoms with Crippen molar-refractivity contribution < 1.29 is 9.53 Å². The summed E-state index contributed by atoms with van der Waals surface area (Å²) in [5.41, 5.74) is 0.791. The second kappa shape index (κ2) is 8.72. The highest BCUT2D eigenvalue weighted by atomic mass is 32.2. The van der Waals surface area contributed by atoms with Gasteiger partial charge in [-0.1, -0.05) is 41.3 Å². The minimum Gasteiger partial charge on any atom is -0.383 e. The van der Waals surface area contributed by atoms with Crippen molar-refractivity contribution in [1.29, 1.82) is 0 Å². The van der Waals surface area contributed by atoms with E-state index in [1.807, 2.05) is 37.3 Å². The second-order valence-corrected chi connectivity index (χ2v) is 6.97. The third-order valence-electron chi connectivity index (χ3n) is 2.68. The summed E-state index contributed by atoms with van der Waals surface area (Å²) in [6.07, 6.45) is 0. The molecule has 2 aromatic rings. The number of carbonyl (C=O) groups excluding carboxylic acids is 1. The van der Waals surface area contributed by atoms with Crippen molar-refractivity contribution >= 4 is 39.8 Å². The Hall–Kier alpha value is -1.64. The Bertz CT molecular complexity index is 592. The summed E-state index contributed by atoms with van der Waals surface area (Å²) in [6, 6.07) is 9.40. The van der Waals surface area contributed by atoms with Gasteiger partial charge in [0, 0.05) is 19.3 Å². The van der Waals surface area contributed by atoms with E-state index in [0.29, 0.717) is 13.2 Å². The number of amides is 1. The van der Waals surface area contributed by atoms with Gasteiger partial charge in [-0.3, -0.25) is 4.79 Å². The highest BCUT2D eigenvalue weighted by Gasteiger charge is 2.17. The number of thioether (sulfide) groups is 1. The van der Waals surface area contributed by atoms with Crippen LogP contribution in [0.1, 0.15) is 6.92 Å². The summed E-state index contributed by atoms with van der Waals surface area (Å²) in [5.74, 6) is -0.0553. The van der Waals surface area contributed by atoms with Crippen LogP contribution in [0.15, 0.2) is 34.7 Å². The zero-order valence-electron chi connectivity index (χ0n) is 12.4. The number of ether oxygens (including phenoxy) is 1. The predicted molar refractivity (Wildman–Crippen MR) is 90.7 cm³/mol. The van der Waals surface area contributed by atoms with Crippen LogP contribution in [-0.4, -0.2) is 41.6 Å². The maximum absolute atomic E-state index is 12.1. The SMILES string of the molecule is COCCNc1nnc(SC(C)C(=O)Nc2ccccc2)s1. The van der Waals surface area contributed by atoms with Gasteiger partial charge in [-0.2, -0.15) is 0 Å². The topological polar surface area (TPSA) is 76.1 Å². The Morgan fingerprint density at radius 2 is 2.14 bits per heavy atom. The van der Waals surface area contributed by atoms with Gasteiger partial charge in [-0.25, -0.2) is 0 Å². The summed E-state index contributed by atoms with van der Waals surface area (Å²) >= 11 is 2.82. The first-order chi connectivity index (χ1) is 10.7. The van der Waals surface area contributed by atoms with Crippen LogP contribution in [0.4, 0.5) is 10.8 Å². The molecule has 0 saturated carbocycles. The van der Waals surface area contributed by atoms with Crippen molar-refractivity contribution in [2.45, 2.75) is 16.5 Å². The molecule has 0 fully saturated rings. The number of benzene rings is 1. The lowest BCUT2D eigenvalue weighted by Gasteiger charge is -2.09. The molecule has 0 aliphatic heterocycles. The van der Waals surface area contributed by atoms with Crippen molar-refractivity contribution in [3.05, 3.63) is 30.3 Å². The predicted octanol–water partition coefficient (Wildman–Crippen LogP) is 2.72. The van der Waals surface area contributed by atoms with Gasteiger partial charge >= 0.3 is 0 Å². The van der Waals surface area contributed by atoms with E-state index in [0.717, 1.165) is 15.2 Å². The average molecular weight is 338 g/mol. The van der Waals surface area contributed by atoms with E-state index < -0.39 is 0 Å². The molecular formula is C14H18N4O2S2. The van der Waals surface area contributed by atoms with Gasteiger partial charge in [0.1, 0.15) is 0 Å². The van der Waals surface area contributed by atoms with Gasteiger partial charge < -0.3 is 15.4 Å². The van der Waals surface area contributed by atoms with Crippen LogP contribution < -0.4 is 10.6 Å². The average Bonchev–Trinajstić information content (AvgIpc) is 2.96. The van der Waals surface area contributed by atoms with Gasteiger partial charge in [0.15, 0.2) is 4.34 Å². The molecule has 6 nitrogen and oxygen atoms in total. The number of nitrogens with one attached hydrogen (secondary N) is 2. The highest BCUT2D eigenvalue weighted by Crippen LogP contribution is 2.29. The summed E-state index contributed by atoms with van der Waals surface area (Å²) in [6.45, 7) is 3.14. The normalized spacial score (nSPS) is 11.9. The van der Waals surface area contributed by atoms with E-state index in [1.165, 1.54) is 23.1 Å². The molecule has 1 amide bonds. The van der Waals surface area contributed by atoms with Crippen LogP contribution >= 0.6 is 23.1 Å². The molecule has 2 N–H and O–H groups in total. The maximum Gasteiger partial charge on any atom is 0.237 e. The molecule has 1 aromatic carbocycles. The number of anilines is 2. The van der Waals surface area contributed by atoms with E-state index in [-0.39, 0.29) is 11.2 Å². The van der Waals surface area contributed by atoms with Gasteiger partial charge in [0.25, 0.3) is 0 Å². The van der Waals surface area contributed by atoms with Crippen LogP contribution in [0, 0.1) is 0 Å². The van der Waals surface area contributed by atoms with Gasteiger partial charge in [0.2, 0.25) is 11.0 Å². The number of nitrogens with zero attached hydrogens (tertiary/aromatic N) is 2. The molecule has 0 radical (unpaired) electrons. The lowest BCUT2D eigenvalue weighted by Crippen LogP contribution is -2.22. The standard InChI is InChI=1S/C14H18N4O2S2/c1-10(12(19)16-11-6-4-3-5-7-11)21-14-18-17-13(22-14)15-8-9-20-2/h3-7,10H,8-9H2,1-2H3,(H,15,17)(H,16,19). The monoisotopic (exact) mass is 338 g/mol. The summed E-state index contributed by atoms with van der Waals surface area (Å²) in [5, 5.41) is 14.6.